The maximum Gasteiger partial charge on any atom is 0.251 e. The first-order chi connectivity index (χ1) is 18.2. The number of alkyl halides is 2. The van der Waals surface area contributed by atoms with Crippen molar-refractivity contribution in [3.05, 3.63) is 126 Å². The Balaban J connectivity index is 0.00000172. The average Bonchev–Trinajstić information content (AvgIpc) is 2.94. The Labute approximate surface area is 230 Å². The van der Waals surface area contributed by atoms with Crippen LogP contribution >= 0.6 is 0 Å². The van der Waals surface area contributed by atoms with Crippen molar-refractivity contribution in [2.45, 2.75) is 51.9 Å². The second kappa shape index (κ2) is 15.9. The zero-order chi connectivity index (χ0) is 28.8. The minimum atomic E-state index is -2.79. The summed E-state index contributed by atoms with van der Waals surface area (Å²) >= 11 is 0. The van der Waals surface area contributed by atoms with Gasteiger partial charge in [-0.2, -0.15) is 0 Å². The molecule has 2 aromatic rings. The molecule has 206 valence electrons. The van der Waals surface area contributed by atoms with Crippen LogP contribution in [-0.2, 0) is 11.8 Å². The van der Waals surface area contributed by atoms with Gasteiger partial charge in [0.05, 0.1) is 0 Å². The summed E-state index contributed by atoms with van der Waals surface area (Å²) in [5, 5.41) is 0. The van der Waals surface area contributed by atoms with Crippen molar-refractivity contribution in [3.8, 4) is 0 Å². The van der Waals surface area contributed by atoms with Gasteiger partial charge in [-0.3, -0.25) is 0 Å². The first-order valence-electron chi connectivity index (χ1n) is 13.3. The predicted molar refractivity (Wildman–Crippen MR) is 163 cm³/mol. The van der Waals surface area contributed by atoms with Crippen molar-refractivity contribution < 1.29 is 8.78 Å². The second-order valence-corrected chi connectivity index (χ2v) is 9.32. The molecule has 0 aromatic heterocycles. The van der Waals surface area contributed by atoms with E-state index >= 15 is 0 Å². The number of anilines is 1. The molecular formula is C34H46F2N2. The molecule has 0 spiro atoms. The Morgan fingerprint density at radius 3 is 2.16 bits per heavy atom. The van der Waals surface area contributed by atoms with Crippen molar-refractivity contribution in [1.29, 1.82) is 0 Å². The van der Waals surface area contributed by atoms with Crippen molar-refractivity contribution in [1.82, 2.24) is 0 Å². The molecule has 0 heterocycles. The zero-order valence-electron chi connectivity index (χ0n) is 24.2. The first-order valence-corrected chi connectivity index (χ1v) is 13.3. The zero-order valence-corrected chi connectivity index (χ0v) is 24.2. The van der Waals surface area contributed by atoms with Crippen molar-refractivity contribution in [2.24, 2.45) is 11.7 Å². The summed E-state index contributed by atoms with van der Waals surface area (Å²) in [7, 11) is 5.53. The maximum absolute atomic E-state index is 14.5. The Hall–Kier alpha value is -3.24. The van der Waals surface area contributed by atoms with Crippen LogP contribution in [0.3, 0.4) is 0 Å². The lowest BCUT2D eigenvalue weighted by atomic mass is 9.62. The Bertz CT molecular complexity index is 1090. The molecule has 0 radical (unpaired) electrons. The molecule has 0 bridgehead atoms. The molecule has 0 fully saturated rings. The topological polar surface area (TPSA) is 29.3 Å². The normalized spacial score (nSPS) is 16.8. The Kier molecular flexibility index (Phi) is 13.7. The minimum Gasteiger partial charge on any atom is -0.378 e. The van der Waals surface area contributed by atoms with Gasteiger partial charge in [-0.15, -0.1) is 0 Å². The maximum atomic E-state index is 14.5. The fourth-order valence-electron chi connectivity index (χ4n) is 4.73. The van der Waals surface area contributed by atoms with Crippen LogP contribution in [0, 0.1) is 5.92 Å². The van der Waals surface area contributed by atoms with Gasteiger partial charge in [-0.25, -0.2) is 8.78 Å². The summed E-state index contributed by atoms with van der Waals surface area (Å²) in [5.41, 5.74) is 9.40. The van der Waals surface area contributed by atoms with Crippen LogP contribution in [0.25, 0.3) is 0 Å². The fraction of sp³-hybridized carbons (Fsp3) is 0.353. The lowest BCUT2D eigenvalue weighted by Gasteiger charge is -2.41. The standard InChI is InChI=1S/C31H35F2N.C2H6.CH5N/c1-6-7-9-13-24(2)31(23-25-14-10-8-11-15-25,26-18-20-29(21-19-26)34(4)5)28-17-12-16-27(22-28)30(3,32)33;2*1-2/h6-21,27H,1,22-23H2,2-5H3;1-2H3;2H2,1H3/b9-7-,24-13+;;. The largest absolute Gasteiger partial charge is 0.378 e. The van der Waals surface area contributed by atoms with Crippen LogP contribution in [0.1, 0.15) is 45.2 Å². The number of nitrogens with two attached hydrogens (primary N) is 1. The summed E-state index contributed by atoms with van der Waals surface area (Å²) in [6, 6.07) is 18.8. The summed E-state index contributed by atoms with van der Waals surface area (Å²) in [5.74, 6) is -3.62. The number of rotatable bonds is 9. The molecule has 0 amide bonds. The lowest BCUT2D eigenvalue weighted by molar-refractivity contribution is -0.0218. The number of halogens is 2. The van der Waals surface area contributed by atoms with Gasteiger partial charge in [-0.1, -0.05) is 117 Å². The van der Waals surface area contributed by atoms with E-state index in [1.54, 1.807) is 12.2 Å². The summed E-state index contributed by atoms with van der Waals surface area (Å²) in [6.07, 6.45) is 14.2. The smallest absolute Gasteiger partial charge is 0.251 e. The van der Waals surface area contributed by atoms with E-state index in [-0.39, 0.29) is 0 Å². The van der Waals surface area contributed by atoms with Crippen LogP contribution in [-0.4, -0.2) is 27.1 Å². The minimum absolute atomic E-state index is 0.304. The highest BCUT2D eigenvalue weighted by atomic mass is 19.3. The molecule has 2 N–H and O–H groups in total. The van der Waals surface area contributed by atoms with Crippen LogP contribution < -0.4 is 10.6 Å². The lowest BCUT2D eigenvalue weighted by Crippen LogP contribution is -2.36. The fourth-order valence-corrected chi connectivity index (χ4v) is 4.73. The highest BCUT2D eigenvalue weighted by Crippen LogP contribution is 2.48. The van der Waals surface area contributed by atoms with E-state index < -0.39 is 17.3 Å². The monoisotopic (exact) mass is 520 g/mol. The quantitative estimate of drug-likeness (QED) is 0.335. The molecule has 38 heavy (non-hydrogen) atoms. The molecule has 2 unspecified atom stereocenters. The van der Waals surface area contributed by atoms with Gasteiger partial charge in [0.2, 0.25) is 0 Å². The summed E-state index contributed by atoms with van der Waals surface area (Å²) < 4.78 is 28.9. The molecular weight excluding hydrogens is 474 g/mol. The molecule has 2 aromatic carbocycles. The van der Waals surface area contributed by atoms with E-state index in [9.17, 15) is 8.78 Å². The summed E-state index contributed by atoms with van der Waals surface area (Å²) in [6.45, 7) is 10.9. The van der Waals surface area contributed by atoms with E-state index in [0.29, 0.717) is 12.8 Å². The SMILES string of the molecule is C=C/C=C\C=C(/C)C(Cc1ccccc1)(C1=CC=CC(C(C)(F)F)C1)c1ccc(N(C)C)cc1.CC.CN. The number of hydrogen-bond donors (Lipinski definition) is 1. The molecule has 2 atom stereocenters. The van der Waals surface area contributed by atoms with Gasteiger partial charge in [0, 0.05) is 31.1 Å². The van der Waals surface area contributed by atoms with Gasteiger partial charge < -0.3 is 10.6 Å². The van der Waals surface area contributed by atoms with Crippen molar-refractivity contribution in [3.63, 3.8) is 0 Å². The Morgan fingerprint density at radius 2 is 1.63 bits per heavy atom. The van der Waals surface area contributed by atoms with Crippen LogP contribution in [0.2, 0.25) is 0 Å². The first kappa shape index (κ1) is 32.8. The molecule has 3 rings (SSSR count). The molecule has 2 nitrogen and oxygen atoms in total. The van der Waals surface area contributed by atoms with Gasteiger partial charge in [0.25, 0.3) is 5.92 Å². The van der Waals surface area contributed by atoms with Gasteiger partial charge >= 0.3 is 0 Å². The number of allylic oxidation sites excluding steroid dienone is 9. The van der Waals surface area contributed by atoms with Crippen LogP contribution in [0.5, 0.6) is 0 Å². The molecule has 0 saturated heterocycles. The number of benzene rings is 2. The van der Waals surface area contributed by atoms with Crippen LogP contribution in [0.4, 0.5) is 14.5 Å². The number of hydrogen-bond acceptors (Lipinski definition) is 2. The third-order valence-corrected chi connectivity index (χ3v) is 6.74. The van der Waals surface area contributed by atoms with Gasteiger partial charge in [-0.05, 0) is 57.0 Å². The average molecular weight is 521 g/mol. The second-order valence-electron chi connectivity index (χ2n) is 9.32. The van der Waals surface area contributed by atoms with Gasteiger partial charge in [0.1, 0.15) is 0 Å². The third kappa shape index (κ3) is 8.39. The highest BCUT2D eigenvalue weighted by molar-refractivity contribution is 5.55. The van der Waals surface area contributed by atoms with E-state index in [2.05, 4.69) is 66.6 Å². The van der Waals surface area contributed by atoms with Crippen molar-refractivity contribution in [2.75, 3.05) is 26.0 Å². The van der Waals surface area contributed by atoms with E-state index in [1.165, 1.54) is 7.05 Å². The van der Waals surface area contributed by atoms with E-state index in [4.69, 9.17) is 0 Å². The molecule has 1 aliphatic carbocycles. The molecule has 0 saturated carbocycles. The number of nitrogens with zero attached hydrogens (tertiary/aromatic N) is 1. The van der Waals surface area contributed by atoms with E-state index in [0.717, 1.165) is 34.9 Å². The predicted octanol–water partition coefficient (Wildman–Crippen LogP) is 8.68. The Morgan fingerprint density at radius 1 is 1.03 bits per heavy atom. The highest BCUT2D eigenvalue weighted by Gasteiger charge is 2.42. The third-order valence-electron chi connectivity index (χ3n) is 6.74. The summed E-state index contributed by atoms with van der Waals surface area (Å²) in [4.78, 5) is 2.06. The van der Waals surface area contributed by atoms with Crippen molar-refractivity contribution >= 4 is 5.69 Å². The van der Waals surface area contributed by atoms with E-state index in [1.807, 2.05) is 70.4 Å². The molecule has 4 heteroatoms. The van der Waals surface area contributed by atoms with Crippen LogP contribution in [0.15, 0.2) is 115 Å². The molecule has 1 aliphatic rings. The molecule has 0 aliphatic heterocycles. The van der Waals surface area contributed by atoms with Gasteiger partial charge in [0.15, 0.2) is 0 Å².